The number of rotatable bonds is 6. The molecule has 5 nitrogen and oxygen atoms in total. The summed E-state index contributed by atoms with van der Waals surface area (Å²) in [6.07, 6.45) is 0.709. The van der Waals surface area contributed by atoms with Crippen molar-refractivity contribution in [2.45, 2.75) is 19.9 Å². The molecule has 0 spiro atoms. The Hall–Kier alpha value is -1.41. The van der Waals surface area contributed by atoms with E-state index >= 15 is 0 Å². The van der Waals surface area contributed by atoms with Crippen LogP contribution in [0.1, 0.15) is 26.6 Å². The standard InChI is InChI=1S/C18H24N4OS2/c1-13-2-3-14(11-22-6-8-24-9-7-22)10-15(13)21-18(23)16-12-25-17(20-16)4-5-19/h2-3,10,12H,4-9,11,19H2,1H3,(H,21,23). The van der Waals surface area contributed by atoms with E-state index in [9.17, 15) is 4.79 Å². The molecule has 25 heavy (non-hydrogen) atoms. The van der Waals surface area contributed by atoms with E-state index in [2.05, 4.69) is 33.4 Å². The lowest BCUT2D eigenvalue weighted by Gasteiger charge is -2.26. The van der Waals surface area contributed by atoms with Crippen LogP contribution < -0.4 is 11.1 Å². The average molecular weight is 377 g/mol. The summed E-state index contributed by atoms with van der Waals surface area (Å²) in [5.74, 6) is 2.24. The van der Waals surface area contributed by atoms with Crippen LogP contribution in [0.2, 0.25) is 0 Å². The maximum absolute atomic E-state index is 12.5. The number of carbonyl (C=O) groups excluding carboxylic acids is 1. The molecule has 134 valence electrons. The highest BCUT2D eigenvalue weighted by atomic mass is 32.2. The van der Waals surface area contributed by atoms with Crippen molar-refractivity contribution in [1.29, 1.82) is 0 Å². The summed E-state index contributed by atoms with van der Waals surface area (Å²) in [7, 11) is 0. The van der Waals surface area contributed by atoms with Crippen molar-refractivity contribution in [1.82, 2.24) is 9.88 Å². The molecule has 1 aromatic heterocycles. The van der Waals surface area contributed by atoms with Gasteiger partial charge < -0.3 is 11.1 Å². The lowest BCUT2D eigenvalue weighted by Crippen LogP contribution is -2.32. The van der Waals surface area contributed by atoms with E-state index < -0.39 is 0 Å². The second-order valence-electron chi connectivity index (χ2n) is 6.16. The maximum atomic E-state index is 12.5. The minimum Gasteiger partial charge on any atom is -0.330 e. The first-order valence-electron chi connectivity index (χ1n) is 8.51. The zero-order valence-electron chi connectivity index (χ0n) is 14.5. The number of thioether (sulfide) groups is 1. The zero-order chi connectivity index (χ0) is 17.6. The fraction of sp³-hybridized carbons (Fsp3) is 0.444. The topological polar surface area (TPSA) is 71.2 Å². The van der Waals surface area contributed by atoms with E-state index in [4.69, 9.17) is 5.73 Å². The zero-order valence-corrected chi connectivity index (χ0v) is 16.1. The van der Waals surface area contributed by atoms with E-state index in [-0.39, 0.29) is 5.91 Å². The number of thiazole rings is 1. The first-order valence-corrected chi connectivity index (χ1v) is 10.5. The Balaban J connectivity index is 1.67. The number of hydrogen-bond donors (Lipinski definition) is 2. The van der Waals surface area contributed by atoms with Gasteiger partial charge in [-0.3, -0.25) is 9.69 Å². The summed E-state index contributed by atoms with van der Waals surface area (Å²) < 4.78 is 0. The van der Waals surface area contributed by atoms with Gasteiger partial charge in [0.1, 0.15) is 5.69 Å². The summed E-state index contributed by atoms with van der Waals surface area (Å²) in [6.45, 7) is 5.75. The molecule has 1 fully saturated rings. The molecule has 0 aliphatic carbocycles. The average Bonchev–Trinajstić information content (AvgIpc) is 3.08. The molecule has 0 bridgehead atoms. The third kappa shape index (κ3) is 5.04. The van der Waals surface area contributed by atoms with Crippen molar-refractivity contribution in [3.63, 3.8) is 0 Å². The van der Waals surface area contributed by atoms with E-state index in [1.807, 2.05) is 18.7 Å². The lowest BCUT2D eigenvalue weighted by molar-refractivity contribution is 0.102. The monoisotopic (exact) mass is 376 g/mol. The second-order valence-corrected chi connectivity index (χ2v) is 8.32. The van der Waals surface area contributed by atoms with Crippen molar-refractivity contribution in [2.75, 3.05) is 36.5 Å². The molecule has 3 N–H and O–H groups in total. The van der Waals surface area contributed by atoms with Gasteiger partial charge in [0.05, 0.1) is 5.01 Å². The van der Waals surface area contributed by atoms with Gasteiger partial charge in [-0.25, -0.2) is 4.98 Å². The molecule has 0 atom stereocenters. The number of aryl methyl sites for hydroxylation is 1. The van der Waals surface area contributed by atoms with E-state index in [0.29, 0.717) is 18.7 Å². The number of nitrogens with zero attached hydrogens (tertiary/aromatic N) is 2. The fourth-order valence-corrected chi connectivity index (χ4v) is 4.53. The van der Waals surface area contributed by atoms with Gasteiger partial charge in [-0.15, -0.1) is 11.3 Å². The molecule has 1 saturated heterocycles. The fourth-order valence-electron chi connectivity index (χ4n) is 2.76. The Morgan fingerprint density at radius 2 is 2.16 bits per heavy atom. The van der Waals surface area contributed by atoms with Crippen LogP contribution in [0.3, 0.4) is 0 Å². The van der Waals surface area contributed by atoms with Crippen LogP contribution in [0.4, 0.5) is 5.69 Å². The van der Waals surface area contributed by atoms with Crippen LogP contribution in [0.15, 0.2) is 23.6 Å². The van der Waals surface area contributed by atoms with Crippen molar-refractivity contribution in [2.24, 2.45) is 5.73 Å². The van der Waals surface area contributed by atoms with Crippen molar-refractivity contribution < 1.29 is 4.79 Å². The minimum atomic E-state index is -0.158. The summed E-state index contributed by atoms with van der Waals surface area (Å²) in [5.41, 5.74) is 9.16. The van der Waals surface area contributed by atoms with Crippen molar-refractivity contribution >= 4 is 34.7 Å². The third-order valence-electron chi connectivity index (χ3n) is 4.20. The molecular formula is C18H24N4OS2. The van der Waals surface area contributed by atoms with Crippen LogP contribution in [-0.2, 0) is 13.0 Å². The number of anilines is 1. The molecule has 0 unspecified atom stereocenters. The van der Waals surface area contributed by atoms with Crippen LogP contribution >= 0.6 is 23.1 Å². The number of benzene rings is 1. The molecule has 0 saturated carbocycles. The smallest absolute Gasteiger partial charge is 0.275 e. The van der Waals surface area contributed by atoms with Gasteiger partial charge in [-0.05, 0) is 30.7 Å². The van der Waals surface area contributed by atoms with Gasteiger partial charge in [-0.2, -0.15) is 11.8 Å². The van der Waals surface area contributed by atoms with Crippen molar-refractivity contribution in [3.05, 3.63) is 45.4 Å². The Morgan fingerprint density at radius 3 is 2.92 bits per heavy atom. The number of carbonyl (C=O) groups is 1. The van der Waals surface area contributed by atoms with Gasteiger partial charge in [0.2, 0.25) is 0 Å². The normalized spacial score (nSPS) is 15.3. The molecule has 2 heterocycles. The molecule has 7 heteroatoms. The molecule has 1 aliphatic rings. The van der Waals surface area contributed by atoms with Gasteiger partial charge in [-0.1, -0.05) is 12.1 Å². The maximum Gasteiger partial charge on any atom is 0.275 e. The SMILES string of the molecule is Cc1ccc(CN2CCSCC2)cc1NC(=O)c1csc(CCN)n1. The Kier molecular flexibility index (Phi) is 6.47. The van der Waals surface area contributed by atoms with E-state index in [0.717, 1.165) is 35.9 Å². The number of amides is 1. The largest absolute Gasteiger partial charge is 0.330 e. The molecule has 1 aromatic carbocycles. The summed E-state index contributed by atoms with van der Waals surface area (Å²) in [4.78, 5) is 19.3. The summed E-state index contributed by atoms with van der Waals surface area (Å²) >= 11 is 3.50. The quantitative estimate of drug-likeness (QED) is 0.811. The molecule has 2 aromatic rings. The van der Waals surface area contributed by atoms with Gasteiger partial charge in [0.15, 0.2) is 0 Å². The first kappa shape index (κ1) is 18.4. The van der Waals surface area contributed by atoms with Crippen LogP contribution in [0.5, 0.6) is 0 Å². The molecule has 1 aliphatic heterocycles. The van der Waals surface area contributed by atoms with Gasteiger partial charge in [0.25, 0.3) is 5.91 Å². The summed E-state index contributed by atoms with van der Waals surface area (Å²) in [5, 5.41) is 5.71. The van der Waals surface area contributed by atoms with E-state index in [1.165, 1.54) is 28.4 Å². The Morgan fingerprint density at radius 1 is 1.36 bits per heavy atom. The van der Waals surface area contributed by atoms with Crippen LogP contribution in [0.25, 0.3) is 0 Å². The second kappa shape index (κ2) is 8.80. The third-order valence-corrected chi connectivity index (χ3v) is 6.05. The van der Waals surface area contributed by atoms with Gasteiger partial charge in [0, 0.05) is 48.6 Å². The van der Waals surface area contributed by atoms with Crippen LogP contribution in [0, 0.1) is 6.92 Å². The Bertz CT molecular complexity index is 726. The number of aromatic nitrogens is 1. The lowest BCUT2D eigenvalue weighted by atomic mass is 10.1. The predicted octanol–water partition coefficient (Wildman–Crippen LogP) is 2.75. The summed E-state index contributed by atoms with van der Waals surface area (Å²) in [6, 6.07) is 6.31. The van der Waals surface area contributed by atoms with Crippen LogP contribution in [-0.4, -0.2) is 46.9 Å². The highest BCUT2D eigenvalue weighted by Crippen LogP contribution is 2.21. The van der Waals surface area contributed by atoms with Gasteiger partial charge >= 0.3 is 0 Å². The number of nitrogens with two attached hydrogens (primary N) is 1. The highest BCUT2D eigenvalue weighted by molar-refractivity contribution is 7.99. The highest BCUT2D eigenvalue weighted by Gasteiger charge is 2.14. The molecular weight excluding hydrogens is 352 g/mol. The molecule has 0 radical (unpaired) electrons. The molecule has 1 amide bonds. The first-order chi connectivity index (χ1) is 12.2. The predicted molar refractivity (Wildman–Crippen MR) is 107 cm³/mol. The molecule has 3 rings (SSSR count). The van der Waals surface area contributed by atoms with Crippen molar-refractivity contribution in [3.8, 4) is 0 Å². The van der Waals surface area contributed by atoms with E-state index in [1.54, 1.807) is 5.38 Å². The Labute approximate surface area is 157 Å². The number of hydrogen-bond acceptors (Lipinski definition) is 6. The number of nitrogens with one attached hydrogen (secondary N) is 1. The minimum absolute atomic E-state index is 0.158.